The van der Waals surface area contributed by atoms with Crippen molar-refractivity contribution in [3.05, 3.63) is 64.7 Å². The molecule has 1 N–H and O–H groups in total. The van der Waals surface area contributed by atoms with E-state index in [0.717, 1.165) is 30.0 Å². The molecule has 0 amide bonds. The maximum absolute atomic E-state index is 6.01. The Labute approximate surface area is 124 Å². The van der Waals surface area contributed by atoms with Gasteiger partial charge < -0.3 is 10.1 Å². The van der Waals surface area contributed by atoms with Gasteiger partial charge in [0.25, 0.3) is 0 Å². The van der Waals surface area contributed by atoms with Crippen LogP contribution in [-0.2, 0) is 17.8 Å². The second kappa shape index (κ2) is 6.29. The molecule has 3 heteroatoms. The van der Waals surface area contributed by atoms with Gasteiger partial charge in [-0.25, -0.2) is 0 Å². The molecule has 1 aliphatic heterocycles. The largest absolute Gasteiger partial charge is 0.382 e. The van der Waals surface area contributed by atoms with Gasteiger partial charge in [-0.3, -0.25) is 0 Å². The normalized spacial score (nSPS) is 17.9. The Morgan fingerprint density at radius 1 is 1.10 bits per heavy atom. The minimum Gasteiger partial charge on any atom is -0.382 e. The monoisotopic (exact) mass is 287 g/mol. The summed E-state index contributed by atoms with van der Waals surface area (Å²) in [5, 5.41) is 4.24. The van der Waals surface area contributed by atoms with Crippen LogP contribution in [-0.4, -0.2) is 12.6 Å². The van der Waals surface area contributed by atoms with E-state index in [0.29, 0.717) is 6.61 Å². The van der Waals surface area contributed by atoms with Crippen LogP contribution in [0.4, 0.5) is 5.69 Å². The molecule has 0 radical (unpaired) electrons. The SMILES string of the molecule is Clc1ccc(COC2CCc3ccccc3NC2)cc1. The molecule has 0 aliphatic carbocycles. The molecular formula is C17H18ClNO. The van der Waals surface area contributed by atoms with E-state index in [2.05, 4.69) is 29.6 Å². The molecule has 1 atom stereocenters. The number of benzene rings is 2. The zero-order valence-corrected chi connectivity index (χ0v) is 12.1. The van der Waals surface area contributed by atoms with Gasteiger partial charge in [-0.2, -0.15) is 0 Å². The summed E-state index contributed by atoms with van der Waals surface area (Å²) in [6, 6.07) is 16.3. The second-order valence-corrected chi connectivity index (χ2v) is 5.57. The van der Waals surface area contributed by atoms with E-state index in [4.69, 9.17) is 16.3 Å². The molecule has 3 rings (SSSR count). The Morgan fingerprint density at radius 2 is 1.90 bits per heavy atom. The molecule has 0 bridgehead atoms. The second-order valence-electron chi connectivity index (χ2n) is 5.14. The van der Waals surface area contributed by atoms with Crippen LogP contribution < -0.4 is 5.32 Å². The van der Waals surface area contributed by atoms with Gasteiger partial charge in [-0.1, -0.05) is 41.9 Å². The van der Waals surface area contributed by atoms with Crippen molar-refractivity contribution in [1.82, 2.24) is 0 Å². The fourth-order valence-electron chi connectivity index (χ4n) is 2.49. The van der Waals surface area contributed by atoms with Crippen molar-refractivity contribution >= 4 is 17.3 Å². The van der Waals surface area contributed by atoms with Gasteiger partial charge in [0.2, 0.25) is 0 Å². The molecular weight excluding hydrogens is 270 g/mol. The number of aryl methyl sites for hydroxylation is 1. The van der Waals surface area contributed by atoms with Gasteiger partial charge in [0, 0.05) is 17.3 Å². The molecule has 104 valence electrons. The van der Waals surface area contributed by atoms with Crippen LogP contribution in [0.5, 0.6) is 0 Å². The molecule has 0 aromatic heterocycles. The minimum absolute atomic E-state index is 0.248. The van der Waals surface area contributed by atoms with E-state index in [-0.39, 0.29) is 6.10 Å². The first-order valence-electron chi connectivity index (χ1n) is 6.99. The summed E-state index contributed by atoms with van der Waals surface area (Å²) >= 11 is 5.88. The van der Waals surface area contributed by atoms with Crippen molar-refractivity contribution in [3.63, 3.8) is 0 Å². The topological polar surface area (TPSA) is 21.3 Å². The number of halogens is 1. The van der Waals surface area contributed by atoms with Crippen LogP contribution >= 0.6 is 11.6 Å². The molecule has 1 unspecified atom stereocenters. The summed E-state index contributed by atoms with van der Waals surface area (Å²) < 4.78 is 6.01. The first-order chi connectivity index (χ1) is 9.81. The lowest BCUT2D eigenvalue weighted by Gasteiger charge is -2.16. The summed E-state index contributed by atoms with van der Waals surface area (Å²) in [5.74, 6) is 0. The van der Waals surface area contributed by atoms with E-state index < -0.39 is 0 Å². The van der Waals surface area contributed by atoms with Crippen LogP contribution in [0, 0.1) is 0 Å². The predicted octanol–water partition coefficient (Wildman–Crippen LogP) is 4.28. The number of hydrogen-bond donors (Lipinski definition) is 1. The third kappa shape index (κ3) is 3.33. The highest BCUT2D eigenvalue weighted by molar-refractivity contribution is 6.30. The lowest BCUT2D eigenvalue weighted by molar-refractivity contribution is 0.0448. The summed E-state index contributed by atoms with van der Waals surface area (Å²) in [4.78, 5) is 0. The number of hydrogen-bond acceptors (Lipinski definition) is 2. The summed E-state index contributed by atoms with van der Waals surface area (Å²) in [6.07, 6.45) is 2.37. The van der Waals surface area contributed by atoms with E-state index in [1.165, 1.54) is 11.3 Å². The molecule has 0 spiro atoms. The molecule has 0 fully saturated rings. The molecule has 2 nitrogen and oxygen atoms in total. The molecule has 2 aromatic rings. The average Bonchev–Trinajstić information content (AvgIpc) is 2.69. The van der Waals surface area contributed by atoms with Crippen molar-refractivity contribution in [2.75, 3.05) is 11.9 Å². The van der Waals surface area contributed by atoms with E-state index in [9.17, 15) is 0 Å². The molecule has 1 heterocycles. The van der Waals surface area contributed by atoms with Gasteiger partial charge in [0.05, 0.1) is 12.7 Å². The van der Waals surface area contributed by atoms with E-state index in [1.807, 2.05) is 24.3 Å². The lowest BCUT2D eigenvalue weighted by atomic mass is 10.1. The number of ether oxygens (including phenoxy) is 1. The van der Waals surface area contributed by atoms with Gasteiger partial charge in [0.1, 0.15) is 0 Å². The van der Waals surface area contributed by atoms with Crippen molar-refractivity contribution in [3.8, 4) is 0 Å². The number of rotatable bonds is 3. The quantitative estimate of drug-likeness (QED) is 0.909. The highest BCUT2D eigenvalue weighted by Crippen LogP contribution is 2.22. The molecule has 0 saturated heterocycles. The lowest BCUT2D eigenvalue weighted by Crippen LogP contribution is -2.21. The maximum atomic E-state index is 6.01. The van der Waals surface area contributed by atoms with Gasteiger partial charge in [0.15, 0.2) is 0 Å². The molecule has 20 heavy (non-hydrogen) atoms. The van der Waals surface area contributed by atoms with Crippen LogP contribution in [0.1, 0.15) is 17.5 Å². The summed E-state index contributed by atoms with van der Waals surface area (Å²) in [7, 11) is 0. The summed E-state index contributed by atoms with van der Waals surface area (Å²) in [5.41, 5.74) is 3.78. The zero-order valence-electron chi connectivity index (χ0n) is 11.3. The Kier molecular flexibility index (Phi) is 4.24. The number of nitrogens with one attached hydrogen (secondary N) is 1. The fourth-order valence-corrected chi connectivity index (χ4v) is 2.62. The molecule has 0 saturated carbocycles. The third-order valence-corrected chi connectivity index (χ3v) is 3.92. The van der Waals surface area contributed by atoms with Crippen molar-refractivity contribution < 1.29 is 4.74 Å². The van der Waals surface area contributed by atoms with Crippen LogP contribution in [0.2, 0.25) is 5.02 Å². The van der Waals surface area contributed by atoms with E-state index in [1.54, 1.807) is 0 Å². The van der Waals surface area contributed by atoms with E-state index >= 15 is 0 Å². The van der Waals surface area contributed by atoms with Gasteiger partial charge in [-0.15, -0.1) is 0 Å². The Morgan fingerprint density at radius 3 is 2.75 bits per heavy atom. The first-order valence-corrected chi connectivity index (χ1v) is 7.37. The first kappa shape index (κ1) is 13.5. The van der Waals surface area contributed by atoms with Crippen molar-refractivity contribution in [2.45, 2.75) is 25.6 Å². The standard InChI is InChI=1S/C17H18ClNO/c18-15-8-5-13(6-9-15)12-20-16-10-7-14-3-1-2-4-17(14)19-11-16/h1-6,8-9,16,19H,7,10-12H2. The number of fused-ring (bicyclic) bond motifs is 1. The minimum atomic E-state index is 0.248. The zero-order chi connectivity index (χ0) is 13.8. The summed E-state index contributed by atoms with van der Waals surface area (Å²) in [6.45, 7) is 1.50. The molecule has 1 aliphatic rings. The number of anilines is 1. The van der Waals surface area contributed by atoms with Crippen LogP contribution in [0.15, 0.2) is 48.5 Å². The Balaban J connectivity index is 1.56. The Bertz CT molecular complexity index is 540. The van der Waals surface area contributed by atoms with Crippen molar-refractivity contribution in [1.29, 1.82) is 0 Å². The highest BCUT2D eigenvalue weighted by atomic mass is 35.5. The smallest absolute Gasteiger partial charge is 0.0755 e. The maximum Gasteiger partial charge on any atom is 0.0755 e. The molecule has 2 aromatic carbocycles. The highest BCUT2D eigenvalue weighted by Gasteiger charge is 2.15. The van der Waals surface area contributed by atoms with Crippen LogP contribution in [0.3, 0.4) is 0 Å². The predicted molar refractivity (Wildman–Crippen MR) is 83.3 cm³/mol. The Hall–Kier alpha value is -1.51. The fraction of sp³-hybridized carbons (Fsp3) is 0.294. The average molecular weight is 288 g/mol. The number of para-hydroxylation sites is 1. The van der Waals surface area contributed by atoms with Crippen LogP contribution in [0.25, 0.3) is 0 Å². The van der Waals surface area contributed by atoms with Gasteiger partial charge >= 0.3 is 0 Å². The van der Waals surface area contributed by atoms with Gasteiger partial charge in [-0.05, 0) is 42.2 Å². The van der Waals surface area contributed by atoms with Crippen molar-refractivity contribution in [2.24, 2.45) is 0 Å². The third-order valence-electron chi connectivity index (χ3n) is 3.67.